The number of rotatable bonds is 5. The quantitative estimate of drug-likeness (QED) is 0.881. The lowest BCUT2D eigenvalue weighted by Crippen LogP contribution is -2.31. The van der Waals surface area contributed by atoms with Crippen LogP contribution in [0, 0.1) is 12.8 Å². The molecule has 0 atom stereocenters. The predicted molar refractivity (Wildman–Crippen MR) is 62.9 cm³/mol. The summed E-state index contributed by atoms with van der Waals surface area (Å²) in [5.41, 5.74) is 1.05. The van der Waals surface area contributed by atoms with E-state index in [1.807, 2.05) is 0 Å². The highest BCUT2D eigenvalue weighted by atomic mass is 19.3. The molecule has 0 saturated heterocycles. The topological polar surface area (TPSA) is 46.5 Å². The van der Waals surface area contributed by atoms with E-state index in [-0.39, 0.29) is 12.2 Å². The van der Waals surface area contributed by atoms with Crippen molar-refractivity contribution in [1.82, 2.24) is 0 Å². The van der Waals surface area contributed by atoms with Crippen molar-refractivity contribution < 1.29 is 23.4 Å². The maximum atomic E-state index is 13.4. The number of aliphatic carboxylic acids is 1. The third kappa shape index (κ3) is 3.68. The second kappa shape index (κ2) is 5.33. The van der Waals surface area contributed by atoms with Crippen molar-refractivity contribution >= 4 is 5.97 Å². The van der Waals surface area contributed by atoms with Crippen LogP contribution in [0.1, 0.15) is 25.0 Å². The molecule has 0 saturated carbocycles. The van der Waals surface area contributed by atoms with Crippen LogP contribution in [0.3, 0.4) is 0 Å². The number of ether oxygens (including phenoxy) is 1. The zero-order valence-electron chi connectivity index (χ0n) is 10.5. The van der Waals surface area contributed by atoms with Crippen LogP contribution in [0.2, 0.25) is 0 Å². The highest BCUT2D eigenvalue weighted by Crippen LogP contribution is 2.30. The van der Waals surface area contributed by atoms with Crippen molar-refractivity contribution in [2.45, 2.75) is 33.3 Å². The molecule has 0 heterocycles. The fraction of sp³-hybridized carbons (Fsp3) is 0.462. The molecule has 0 aliphatic carbocycles. The molecule has 3 nitrogen and oxygen atoms in total. The Labute approximate surface area is 104 Å². The number of carboxylic acid groups (broad SMARTS) is 1. The SMILES string of the molecule is Cc1cc(CC(=O)O)ccc1OC(F)(F)C(C)C. The van der Waals surface area contributed by atoms with E-state index in [1.165, 1.54) is 26.0 Å². The van der Waals surface area contributed by atoms with Crippen molar-refractivity contribution in [1.29, 1.82) is 0 Å². The molecular formula is C13H16F2O3. The Hall–Kier alpha value is -1.65. The first kappa shape index (κ1) is 14.4. The molecule has 0 radical (unpaired) electrons. The molecule has 100 valence electrons. The summed E-state index contributed by atoms with van der Waals surface area (Å²) >= 11 is 0. The highest BCUT2D eigenvalue weighted by molar-refractivity contribution is 5.70. The summed E-state index contributed by atoms with van der Waals surface area (Å²) in [4.78, 5) is 10.5. The number of hydrogen-bond donors (Lipinski definition) is 1. The highest BCUT2D eigenvalue weighted by Gasteiger charge is 2.36. The van der Waals surface area contributed by atoms with Gasteiger partial charge < -0.3 is 9.84 Å². The molecule has 0 aromatic heterocycles. The van der Waals surface area contributed by atoms with E-state index in [0.717, 1.165) is 0 Å². The fourth-order valence-electron chi connectivity index (χ4n) is 1.38. The van der Waals surface area contributed by atoms with Crippen molar-refractivity contribution in [3.63, 3.8) is 0 Å². The minimum Gasteiger partial charge on any atom is -0.481 e. The summed E-state index contributed by atoms with van der Waals surface area (Å²) in [6.45, 7) is 4.35. The van der Waals surface area contributed by atoms with E-state index in [4.69, 9.17) is 5.11 Å². The predicted octanol–water partition coefficient (Wildman–Crippen LogP) is 3.25. The first-order valence-corrected chi connectivity index (χ1v) is 5.60. The molecule has 0 amide bonds. The zero-order valence-corrected chi connectivity index (χ0v) is 10.5. The standard InChI is InChI=1S/C13H16F2O3/c1-8(2)13(14,15)18-11-5-4-10(6-9(11)3)7-12(16)17/h4-6,8H,7H2,1-3H3,(H,16,17). The zero-order chi connectivity index (χ0) is 13.9. The molecule has 1 aromatic rings. The average molecular weight is 258 g/mol. The second-order valence-electron chi connectivity index (χ2n) is 4.49. The van der Waals surface area contributed by atoms with Gasteiger partial charge in [0.2, 0.25) is 0 Å². The number of alkyl halides is 2. The summed E-state index contributed by atoms with van der Waals surface area (Å²) in [6.07, 6.45) is -3.37. The van der Waals surface area contributed by atoms with Gasteiger partial charge in [0.05, 0.1) is 12.3 Å². The van der Waals surface area contributed by atoms with Gasteiger partial charge in [0.15, 0.2) is 0 Å². The van der Waals surface area contributed by atoms with Gasteiger partial charge in [-0.15, -0.1) is 0 Å². The lowest BCUT2D eigenvalue weighted by molar-refractivity contribution is -0.207. The third-order valence-electron chi connectivity index (χ3n) is 2.51. The van der Waals surface area contributed by atoms with Crippen LogP contribution in [-0.2, 0) is 11.2 Å². The number of carboxylic acids is 1. The summed E-state index contributed by atoms with van der Waals surface area (Å²) in [5, 5.41) is 8.64. The van der Waals surface area contributed by atoms with Crippen molar-refractivity contribution in [2.75, 3.05) is 0 Å². The van der Waals surface area contributed by atoms with Crippen molar-refractivity contribution in [3.8, 4) is 5.75 Å². The molecule has 0 bridgehead atoms. The lowest BCUT2D eigenvalue weighted by atomic mass is 10.1. The average Bonchev–Trinajstić information content (AvgIpc) is 2.21. The Balaban J connectivity index is 2.89. The number of carbonyl (C=O) groups is 1. The Bertz CT molecular complexity index is 442. The first-order valence-electron chi connectivity index (χ1n) is 5.60. The van der Waals surface area contributed by atoms with Gasteiger partial charge in [0.25, 0.3) is 0 Å². The number of halogens is 2. The Morgan fingerprint density at radius 3 is 2.50 bits per heavy atom. The van der Waals surface area contributed by atoms with E-state index in [9.17, 15) is 13.6 Å². The van der Waals surface area contributed by atoms with Crippen LogP contribution < -0.4 is 4.74 Å². The van der Waals surface area contributed by atoms with E-state index in [1.54, 1.807) is 13.0 Å². The number of aryl methyl sites for hydroxylation is 1. The smallest absolute Gasteiger partial charge is 0.400 e. The van der Waals surface area contributed by atoms with Crippen LogP contribution >= 0.6 is 0 Å². The third-order valence-corrected chi connectivity index (χ3v) is 2.51. The molecule has 18 heavy (non-hydrogen) atoms. The largest absolute Gasteiger partial charge is 0.481 e. The van der Waals surface area contributed by atoms with Gasteiger partial charge in [-0.1, -0.05) is 26.0 Å². The maximum absolute atomic E-state index is 13.4. The van der Waals surface area contributed by atoms with Gasteiger partial charge >= 0.3 is 12.1 Å². The number of benzene rings is 1. The van der Waals surface area contributed by atoms with E-state index in [0.29, 0.717) is 11.1 Å². The van der Waals surface area contributed by atoms with E-state index < -0.39 is 18.0 Å². The van der Waals surface area contributed by atoms with Crippen molar-refractivity contribution in [2.24, 2.45) is 5.92 Å². The monoisotopic (exact) mass is 258 g/mol. The maximum Gasteiger partial charge on any atom is 0.400 e. The summed E-state index contributed by atoms with van der Waals surface area (Å²) in [7, 11) is 0. The second-order valence-corrected chi connectivity index (χ2v) is 4.49. The summed E-state index contributed by atoms with van der Waals surface area (Å²) in [5.74, 6) is -1.82. The molecule has 0 unspecified atom stereocenters. The summed E-state index contributed by atoms with van der Waals surface area (Å²) in [6, 6.07) is 4.40. The minimum absolute atomic E-state index is 0.0721. The summed E-state index contributed by atoms with van der Waals surface area (Å²) < 4.78 is 31.5. The molecule has 1 aromatic carbocycles. The first-order chi connectivity index (χ1) is 8.22. The molecule has 0 aliphatic heterocycles. The molecule has 0 spiro atoms. The van der Waals surface area contributed by atoms with Gasteiger partial charge in [-0.25, -0.2) is 0 Å². The van der Waals surface area contributed by atoms with E-state index in [2.05, 4.69) is 4.74 Å². The van der Waals surface area contributed by atoms with Gasteiger partial charge in [-0.3, -0.25) is 4.79 Å². The molecule has 5 heteroatoms. The van der Waals surface area contributed by atoms with Crippen LogP contribution in [0.4, 0.5) is 8.78 Å². The van der Waals surface area contributed by atoms with Gasteiger partial charge in [0.1, 0.15) is 5.75 Å². The lowest BCUT2D eigenvalue weighted by Gasteiger charge is -2.22. The van der Waals surface area contributed by atoms with Gasteiger partial charge in [0, 0.05) is 0 Å². The Morgan fingerprint density at radius 1 is 1.44 bits per heavy atom. The molecule has 0 fully saturated rings. The molecule has 1 rings (SSSR count). The van der Waals surface area contributed by atoms with Crippen LogP contribution in [0.25, 0.3) is 0 Å². The molecule has 0 aliphatic rings. The van der Waals surface area contributed by atoms with Crippen LogP contribution in [0.5, 0.6) is 5.75 Å². The van der Waals surface area contributed by atoms with Crippen LogP contribution in [-0.4, -0.2) is 17.2 Å². The Kier molecular flexibility index (Phi) is 4.27. The molecular weight excluding hydrogens is 242 g/mol. The van der Waals surface area contributed by atoms with Gasteiger partial charge in [-0.2, -0.15) is 8.78 Å². The Morgan fingerprint density at radius 2 is 2.06 bits per heavy atom. The number of hydrogen-bond acceptors (Lipinski definition) is 2. The minimum atomic E-state index is -3.24. The molecule has 1 N–H and O–H groups in total. The van der Waals surface area contributed by atoms with Crippen molar-refractivity contribution in [3.05, 3.63) is 29.3 Å². The van der Waals surface area contributed by atoms with Gasteiger partial charge in [-0.05, 0) is 24.1 Å². The fourth-order valence-corrected chi connectivity index (χ4v) is 1.38. The van der Waals surface area contributed by atoms with E-state index >= 15 is 0 Å². The normalized spacial score (nSPS) is 11.7. The van der Waals surface area contributed by atoms with Crippen LogP contribution in [0.15, 0.2) is 18.2 Å².